The van der Waals surface area contributed by atoms with Crippen LogP contribution < -0.4 is 4.18 Å². The number of rotatable bonds is 3. The van der Waals surface area contributed by atoms with E-state index in [-0.39, 0.29) is 5.58 Å². The number of nitrogens with zero attached hydrogens (tertiary/aromatic N) is 2. The third-order valence-electron chi connectivity index (χ3n) is 3.11. The van der Waals surface area contributed by atoms with Crippen molar-refractivity contribution in [3.05, 3.63) is 36.6 Å². The van der Waals surface area contributed by atoms with E-state index in [0.29, 0.717) is 17.4 Å². The van der Waals surface area contributed by atoms with Gasteiger partial charge in [-0.1, -0.05) is 0 Å². The molecule has 0 aliphatic rings. The molecular weight excluding hydrogens is 356 g/mol. The molecule has 3 rings (SSSR count). The summed E-state index contributed by atoms with van der Waals surface area (Å²) in [5, 5.41) is 3.41. The first-order chi connectivity index (χ1) is 11.1. The van der Waals surface area contributed by atoms with Gasteiger partial charge in [-0.2, -0.15) is 26.7 Å². The Labute approximate surface area is 132 Å². The Bertz CT molecular complexity index is 1020. The van der Waals surface area contributed by atoms with E-state index in [1.165, 1.54) is 16.9 Å². The summed E-state index contributed by atoms with van der Waals surface area (Å²) in [4.78, 5) is 0. The van der Waals surface area contributed by atoms with Crippen molar-refractivity contribution in [1.82, 2.24) is 9.78 Å². The lowest BCUT2D eigenvalue weighted by Gasteiger charge is -2.08. The molecule has 0 saturated carbocycles. The van der Waals surface area contributed by atoms with Gasteiger partial charge in [-0.05, 0) is 17.7 Å². The average Bonchev–Trinajstić information content (AvgIpc) is 3.04. The first-order valence-electron chi connectivity index (χ1n) is 6.29. The highest BCUT2D eigenvalue weighted by Gasteiger charge is 2.49. The van der Waals surface area contributed by atoms with Gasteiger partial charge >= 0.3 is 15.6 Å². The van der Waals surface area contributed by atoms with Crippen LogP contribution in [0.5, 0.6) is 5.75 Å². The van der Waals surface area contributed by atoms with Gasteiger partial charge in [0, 0.05) is 18.8 Å². The van der Waals surface area contributed by atoms with Gasteiger partial charge in [-0.25, -0.2) is 4.39 Å². The van der Waals surface area contributed by atoms with Gasteiger partial charge in [0.2, 0.25) is 0 Å². The fourth-order valence-corrected chi connectivity index (χ4v) is 2.51. The molecule has 2 heterocycles. The normalized spacial score (nSPS) is 12.7. The van der Waals surface area contributed by atoms with Crippen molar-refractivity contribution in [3.63, 3.8) is 0 Å². The first-order valence-corrected chi connectivity index (χ1v) is 7.70. The van der Waals surface area contributed by atoms with E-state index in [9.17, 15) is 26.0 Å². The maximum atomic E-state index is 14.3. The molecule has 2 aromatic heterocycles. The molecule has 0 N–H and O–H groups in total. The van der Waals surface area contributed by atoms with Crippen LogP contribution in [0.2, 0.25) is 0 Å². The largest absolute Gasteiger partial charge is 0.534 e. The topological polar surface area (TPSA) is 74.3 Å². The predicted octanol–water partition coefficient (Wildman–Crippen LogP) is 3.20. The number of fused-ring (bicyclic) bond motifs is 1. The lowest BCUT2D eigenvalue weighted by molar-refractivity contribution is -0.0499. The SMILES string of the molecule is Cn1cc(-c2cc(F)c3c(OS(=O)(=O)C(F)(F)F)coc3c2)cn1. The summed E-state index contributed by atoms with van der Waals surface area (Å²) in [7, 11) is -4.28. The highest BCUT2D eigenvalue weighted by Crippen LogP contribution is 2.37. The van der Waals surface area contributed by atoms with Crippen LogP contribution in [-0.2, 0) is 17.2 Å². The summed E-state index contributed by atoms with van der Waals surface area (Å²) < 4.78 is 83.8. The molecule has 128 valence electrons. The monoisotopic (exact) mass is 364 g/mol. The Hall–Kier alpha value is -2.56. The number of hydrogen-bond acceptors (Lipinski definition) is 5. The smallest absolute Gasteiger partial charge is 0.460 e. The van der Waals surface area contributed by atoms with Gasteiger partial charge in [-0.3, -0.25) is 4.68 Å². The Morgan fingerprint density at radius 1 is 1.25 bits per heavy atom. The van der Waals surface area contributed by atoms with Crippen LogP contribution in [0.25, 0.3) is 22.1 Å². The van der Waals surface area contributed by atoms with E-state index >= 15 is 0 Å². The van der Waals surface area contributed by atoms with Gasteiger partial charge < -0.3 is 8.60 Å². The summed E-state index contributed by atoms with van der Waals surface area (Å²) in [6.45, 7) is 0. The maximum Gasteiger partial charge on any atom is 0.534 e. The number of aromatic nitrogens is 2. The molecule has 0 unspecified atom stereocenters. The van der Waals surface area contributed by atoms with Gasteiger partial charge in [0.05, 0.1) is 11.6 Å². The zero-order valence-corrected chi connectivity index (χ0v) is 12.7. The maximum absolute atomic E-state index is 14.3. The highest BCUT2D eigenvalue weighted by molar-refractivity contribution is 7.88. The van der Waals surface area contributed by atoms with Crippen molar-refractivity contribution in [2.75, 3.05) is 0 Å². The Morgan fingerprint density at radius 2 is 1.96 bits per heavy atom. The number of hydrogen-bond donors (Lipinski definition) is 0. The predicted molar refractivity (Wildman–Crippen MR) is 74.0 cm³/mol. The number of halogens is 4. The molecule has 0 fully saturated rings. The summed E-state index contributed by atoms with van der Waals surface area (Å²) in [6, 6.07) is 2.35. The molecule has 0 aliphatic carbocycles. The molecule has 3 aromatic rings. The molecule has 0 spiro atoms. The molecule has 0 saturated heterocycles. The molecule has 6 nitrogen and oxygen atoms in total. The molecule has 0 aliphatic heterocycles. The molecule has 11 heteroatoms. The second-order valence-electron chi connectivity index (χ2n) is 4.82. The average molecular weight is 364 g/mol. The Kier molecular flexibility index (Phi) is 3.55. The zero-order chi connectivity index (χ0) is 17.7. The van der Waals surface area contributed by atoms with E-state index < -0.39 is 32.6 Å². The van der Waals surface area contributed by atoms with Crippen LogP contribution >= 0.6 is 0 Å². The van der Waals surface area contributed by atoms with Crippen LogP contribution in [0, 0.1) is 5.82 Å². The van der Waals surface area contributed by atoms with Crippen molar-refractivity contribution in [3.8, 4) is 16.9 Å². The molecule has 0 atom stereocenters. The fraction of sp³-hybridized carbons (Fsp3) is 0.154. The Morgan fingerprint density at radius 3 is 2.54 bits per heavy atom. The second kappa shape index (κ2) is 5.23. The summed E-state index contributed by atoms with van der Waals surface area (Å²) in [5.41, 5.74) is -4.91. The standard InChI is InChI=1S/C13H8F4N2O4S/c1-19-5-8(4-18-19)7-2-9(14)12-10(3-7)22-6-11(12)23-24(20,21)13(15,16)17/h2-6H,1H3. The van der Waals surface area contributed by atoms with Gasteiger partial charge in [-0.15, -0.1) is 0 Å². The molecule has 1 aromatic carbocycles. The fourth-order valence-electron chi connectivity index (χ4n) is 2.05. The van der Waals surface area contributed by atoms with Crippen molar-refractivity contribution in [2.24, 2.45) is 7.05 Å². The minimum Gasteiger partial charge on any atom is -0.460 e. The summed E-state index contributed by atoms with van der Waals surface area (Å²) >= 11 is 0. The lowest BCUT2D eigenvalue weighted by atomic mass is 10.1. The molecule has 0 bridgehead atoms. The van der Waals surface area contributed by atoms with Crippen molar-refractivity contribution in [2.45, 2.75) is 5.51 Å². The van der Waals surface area contributed by atoms with Crippen LogP contribution in [0.1, 0.15) is 0 Å². The summed E-state index contributed by atoms with van der Waals surface area (Å²) in [5.74, 6) is -1.87. The minimum absolute atomic E-state index is 0.166. The van der Waals surface area contributed by atoms with Gasteiger partial charge in [0.15, 0.2) is 5.75 Å². The van der Waals surface area contributed by atoms with E-state index in [1.807, 2.05) is 0 Å². The van der Waals surface area contributed by atoms with E-state index in [4.69, 9.17) is 4.42 Å². The van der Waals surface area contributed by atoms with E-state index in [1.54, 1.807) is 13.2 Å². The molecular formula is C13H8F4N2O4S. The first kappa shape index (κ1) is 16.3. The number of benzene rings is 1. The van der Waals surface area contributed by atoms with E-state index in [2.05, 4.69) is 9.28 Å². The quantitative estimate of drug-likeness (QED) is 0.405. The van der Waals surface area contributed by atoms with Crippen LogP contribution in [0.3, 0.4) is 0 Å². The van der Waals surface area contributed by atoms with Crippen molar-refractivity contribution >= 4 is 21.1 Å². The van der Waals surface area contributed by atoms with Gasteiger partial charge in [0.25, 0.3) is 0 Å². The number of alkyl halides is 3. The van der Waals surface area contributed by atoms with Crippen LogP contribution in [0.15, 0.2) is 35.2 Å². The van der Waals surface area contributed by atoms with Crippen molar-refractivity contribution in [1.29, 1.82) is 0 Å². The molecule has 0 radical (unpaired) electrons. The summed E-state index contributed by atoms with van der Waals surface area (Å²) in [6.07, 6.45) is 3.65. The van der Waals surface area contributed by atoms with Crippen LogP contribution in [0.4, 0.5) is 17.6 Å². The molecule has 0 amide bonds. The second-order valence-corrected chi connectivity index (χ2v) is 6.35. The third kappa shape index (κ3) is 2.70. The van der Waals surface area contributed by atoms with Crippen LogP contribution in [-0.4, -0.2) is 23.7 Å². The van der Waals surface area contributed by atoms with Gasteiger partial charge in [0.1, 0.15) is 17.7 Å². The van der Waals surface area contributed by atoms with Crippen molar-refractivity contribution < 1.29 is 34.6 Å². The molecule has 24 heavy (non-hydrogen) atoms. The zero-order valence-electron chi connectivity index (χ0n) is 11.8. The Balaban J connectivity index is 2.08. The van der Waals surface area contributed by atoms with E-state index in [0.717, 1.165) is 6.07 Å². The minimum atomic E-state index is -5.93. The number of furan rings is 1. The number of aryl methyl sites for hydroxylation is 1. The third-order valence-corrected chi connectivity index (χ3v) is 4.08. The lowest BCUT2D eigenvalue weighted by Crippen LogP contribution is -2.28. The highest BCUT2D eigenvalue weighted by atomic mass is 32.2.